The molecule has 2 saturated heterocycles. The van der Waals surface area contributed by atoms with E-state index in [1.165, 1.54) is 22.3 Å². The summed E-state index contributed by atoms with van der Waals surface area (Å²) >= 11 is 6.63. The normalized spacial score (nSPS) is 19.0. The highest BCUT2D eigenvalue weighted by molar-refractivity contribution is 6.31. The molecule has 6 rings (SSSR count). The number of pyridine rings is 1. The maximum atomic E-state index is 13.1. The summed E-state index contributed by atoms with van der Waals surface area (Å²) in [4.78, 5) is 25.6. The number of benzene rings is 2. The third-order valence-corrected chi connectivity index (χ3v) is 11.3. The van der Waals surface area contributed by atoms with E-state index in [9.17, 15) is 9.90 Å². The lowest BCUT2D eigenvalue weighted by Gasteiger charge is -2.41. The number of aliphatic carboxylic acids is 1. The Bertz CT molecular complexity index is 1720. The van der Waals surface area contributed by atoms with Crippen molar-refractivity contribution in [3.05, 3.63) is 74.9 Å². The van der Waals surface area contributed by atoms with Gasteiger partial charge in [0.25, 0.3) is 0 Å². The lowest BCUT2D eigenvalue weighted by atomic mass is 9.81. The number of ether oxygens (including phenoxy) is 2. The quantitative estimate of drug-likeness (QED) is 0.204. The molecule has 52 heavy (non-hydrogen) atoms. The number of carbonyl (C=O) groups is 1. The molecule has 0 amide bonds. The monoisotopic (exact) mass is 731 g/mol. The molecule has 0 unspecified atom stereocenters. The van der Waals surface area contributed by atoms with Gasteiger partial charge in [0.2, 0.25) is 0 Å². The van der Waals surface area contributed by atoms with Crippen molar-refractivity contribution in [2.75, 3.05) is 69.2 Å². The fraction of sp³-hybridized carbons (Fsp3) is 0.571. The molecule has 0 bridgehead atoms. The number of carboxylic acid groups (broad SMARTS) is 1. The summed E-state index contributed by atoms with van der Waals surface area (Å²) in [7, 11) is 0. The largest absolute Gasteiger partial charge is 0.479 e. The number of carboxylic acids is 1. The van der Waals surface area contributed by atoms with Gasteiger partial charge in [0, 0.05) is 80.7 Å². The first-order valence-electron chi connectivity index (χ1n) is 19.0. The van der Waals surface area contributed by atoms with Crippen molar-refractivity contribution in [3.8, 4) is 11.1 Å². The van der Waals surface area contributed by atoms with Crippen LogP contribution in [0.4, 0.5) is 11.5 Å². The molecule has 3 aliphatic heterocycles. The van der Waals surface area contributed by atoms with Gasteiger partial charge in [-0.15, -0.1) is 0 Å². The van der Waals surface area contributed by atoms with Crippen molar-refractivity contribution in [2.24, 2.45) is 5.41 Å². The van der Waals surface area contributed by atoms with Crippen LogP contribution >= 0.6 is 11.6 Å². The summed E-state index contributed by atoms with van der Waals surface area (Å²) in [5.41, 5.74) is 8.84. The van der Waals surface area contributed by atoms with Crippen LogP contribution in [0.15, 0.2) is 36.4 Å². The Labute approximate surface area is 315 Å². The summed E-state index contributed by atoms with van der Waals surface area (Å²) in [6, 6.07) is 12.9. The van der Waals surface area contributed by atoms with Crippen LogP contribution in [0.1, 0.15) is 87.1 Å². The number of anilines is 2. The zero-order valence-electron chi connectivity index (χ0n) is 32.3. The standard InChI is InChI=1S/C42H58ClN5O4/c1-28-9-8-10-34(43)33(28)27-47-17-13-30-25-31(11-12-32(30)26-47)36-37(48-18-14-42(6,7)15-19-48)35(38(40(49)50)52-41(3,4)5)29(2)45-39(36)44-16-20-46-21-23-51-24-22-46/h8-12,25,38H,13-24,26-27H2,1-7H3,(H,44,45)(H,49,50)/t38-/m0/s1. The number of rotatable bonds is 11. The Kier molecular flexibility index (Phi) is 11.9. The van der Waals surface area contributed by atoms with Crippen LogP contribution in [0.25, 0.3) is 11.1 Å². The summed E-state index contributed by atoms with van der Waals surface area (Å²) in [6.45, 7) is 23.6. The van der Waals surface area contributed by atoms with E-state index in [-0.39, 0.29) is 5.41 Å². The van der Waals surface area contributed by atoms with Crippen LogP contribution in [-0.2, 0) is 33.8 Å². The number of aromatic nitrogens is 1. The predicted octanol–water partition coefficient (Wildman–Crippen LogP) is 7.89. The number of hydrogen-bond donors (Lipinski definition) is 2. The Balaban J connectivity index is 1.44. The van der Waals surface area contributed by atoms with Crippen LogP contribution in [0.5, 0.6) is 0 Å². The van der Waals surface area contributed by atoms with E-state index in [1.807, 2.05) is 39.8 Å². The molecule has 3 aliphatic rings. The van der Waals surface area contributed by atoms with Crippen molar-refractivity contribution < 1.29 is 19.4 Å². The van der Waals surface area contributed by atoms with Crippen LogP contribution in [0, 0.1) is 19.3 Å². The minimum atomic E-state index is -1.17. The van der Waals surface area contributed by atoms with Crippen LogP contribution in [0.3, 0.4) is 0 Å². The van der Waals surface area contributed by atoms with E-state index in [0.29, 0.717) is 17.8 Å². The van der Waals surface area contributed by atoms with Gasteiger partial charge in [-0.2, -0.15) is 0 Å². The lowest BCUT2D eigenvalue weighted by Crippen LogP contribution is -2.40. The third-order valence-electron chi connectivity index (χ3n) is 10.9. The molecule has 2 fully saturated rings. The molecule has 2 aromatic carbocycles. The first kappa shape index (κ1) is 38.5. The average molecular weight is 732 g/mol. The van der Waals surface area contributed by atoms with Gasteiger partial charge in [-0.1, -0.05) is 55.8 Å². The second kappa shape index (κ2) is 16.0. The Hall–Kier alpha value is -3.21. The van der Waals surface area contributed by atoms with E-state index in [0.717, 1.165) is 112 Å². The molecule has 0 aliphatic carbocycles. The highest BCUT2D eigenvalue weighted by Crippen LogP contribution is 2.47. The Morgan fingerprint density at radius 1 is 1.04 bits per heavy atom. The molecule has 2 N–H and O–H groups in total. The van der Waals surface area contributed by atoms with Gasteiger partial charge in [-0.3, -0.25) is 9.80 Å². The zero-order chi connectivity index (χ0) is 37.2. The minimum Gasteiger partial charge on any atom is -0.479 e. The summed E-state index contributed by atoms with van der Waals surface area (Å²) in [5.74, 6) is -0.211. The molecule has 9 nitrogen and oxygen atoms in total. The number of nitrogens with zero attached hydrogens (tertiary/aromatic N) is 4. The molecule has 0 saturated carbocycles. The fourth-order valence-corrected chi connectivity index (χ4v) is 8.10. The summed E-state index contributed by atoms with van der Waals surface area (Å²) < 4.78 is 12.0. The molecule has 0 radical (unpaired) electrons. The SMILES string of the molecule is Cc1cccc(Cl)c1CN1CCc2cc(-c3c(NCCN4CCOCC4)nc(C)c([C@H](OC(C)(C)C)C(=O)O)c3N3CCC(C)(C)CC3)ccc2C1. The van der Waals surface area contributed by atoms with Crippen molar-refractivity contribution in [2.45, 2.75) is 92.5 Å². The molecule has 1 atom stereocenters. The van der Waals surface area contributed by atoms with Crippen LogP contribution in [-0.4, -0.2) is 90.5 Å². The van der Waals surface area contributed by atoms with E-state index in [1.54, 1.807) is 0 Å². The van der Waals surface area contributed by atoms with Crippen LogP contribution in [0.2, 0.25) is 5.02 Å². The van der Waals surface area contributed by atoms with Gasteiger partial charge in [-0.25, -0.2) is 9.78 Å². The van der Waals surface area contributed by atoms with Gasteiger partial charge >= 0.3 is 5.97 Å². The van der Waals surface area contributed by atoms with Crippen molar-refractivity contribution in [1.29, 1.82) is 0 Å². The first-order chi connectivity index (χ1) is 24.7. The van der Waals surface area contributed by atoms with E-state index < -0.39 is 17.7 Å². The van der Waals surface area contributed by atoms with E-state index in [2.05, 4.69) is 65.1 Å². The summed E-state index contributed by atoms with van der Waals surface area (Å²) in [6.07, 6.45) is 1.76. The molecule has 0 spiro atoms. The van der Waals surface area contributed by atoms with Crippen molar-refractivity contribution >= 4 is 29.1 Å². The van der Waals surface area contributed by atoms with E-state index >= 15 is 0 Å². The second-order valence-corrected chi connectivity index (χ2v) is 17.1. The predicted molar refractivity (Wildman–Crippen MR) is 211 cm³/mol. The molecule has 3 aromatic rings. The topological polar surface area (TPSA) is 90.4 Å². The van der Waals surface area contributed by atoms with E-state index in [4.69, 9.17) is 26.1 Å². The minimum absolute atomic E-state index is 0.215. The number of fused-ring (bicyclic) bond motifs is 1. The average Bonchev–Trinajstić information content (AvgIpc) is 3.09. The number of halogens is 1. The molecule has 1 aromatic heterocycles. The van der Waals surface area contributed by atoms with Gasteiger partial charge < -0.3 is 24.8 Å². The summed E-state index contributed by atoms with van der Waals surface area (Å²) in [5, 5.41) is 15.3. The molecular weight excluding hydrogens is 674 g/mol. The first-order valence-corrected chi connectivity index (χ1v) is 19.4. The third kappa shape index (κ3) is 9.11. The second-order valence-electron chi connectivity index (χ2n) is 16.6. The van der Waals surface area contributed by atoms with Gasteiger partial charge in [0.05, 0.1) is 24.5 Å². The van der Waals surface area contributed by atoms with Crippen molar-refractivity contribution in [3.63, 3.8) is 0 Å². The molecular formula is C42H58ClN5O4. The number of morpholine rings is 1. The number of nitrogens with one attached hydrogen (secondary N) is 1. The maximum Gasteiger partial charge on any atom is 0.337 e. The molecule has 4 heterocycles. The highest BCUT2D eigenvalue weighted by Gasteiger charge is 2.37. The lowest BCUT2D eigenvalue weighted by molar-refractivity contribution is -0.160. The Morgan fingerprint density at radius 3 is 2.44 bits per heavy atom. The van der Waals surface area contributed by atoms with Gasteiger partial charge in [-0.05, 0) is 93.2 Å². The van der Waals surface area contributed by atoms with Gasteiger partial charge in [0.15, 0.2) is 6.10 Å². The molecule has 10 heteroatoms. The van der Waals surface area contributed by atoms with Crippen LogP contribution < -0.4 is 10.2 Å². The van der Waals surface area contributed by atoms with Gasteiger partial charge in [0.1, 0.15) is 5.82 Å². The Morgan fingerprint density at radius 2 is 1.77 bits per heavy atom. The maximum absolute atomic E-state index is 13.1. The van der Waals surface area contributed by atoms with Crippen molar-refractivity contribution in [1.82, 2.24) is 14.8 Å². The number of hydrogen-bond acceptors (Lipinski definition) is 8. The highest BCUT2D eigenvalue weighted by atomic mass is 35.5. The number of aryl methyl sites for hydroxylation is 2. The fourth-order valence-electron chi connectivity index (χ4n) is 7.82. The number of piperidine rings is 1. The smallest absolute Gasteiger partial charge is 0.337 e. The molecule has 282 valence electrons. The zero-order valence-corrected chi connectivity index (χ0v) is 33.0.